The number of carbonyl (C=O) groups is 1. The van der Waals surface area contributed by atoms with E-state index in [1.807, 2.05) is 13.0 Å². The van der Waals surface area contributed by atoms with Crippen LogP contribution in [0.15, 0.2) is 6.07 Å². The van der Waals surface area contributed by atoms with Crippen molar-refractivity contribution in [3.63, 3.8) is 0 Å². The van der Waals surface area contributed by atoms with Crippen molar-refractivity contribution in [2.45, 2.75) is 32.7 Å². The van der Waals surface area contributed by atoms with Crippen LogP contribution < -0.4 is 9.80 Å². The van der Waals surface area contributed by atoms with Crippen LogP contribution in [0.5, 0.6) is 0 Å². The van der Waals surface area contributed by atoms with Crippen LogP contribution in [0.1, 0.15) is 31.0 Å². The lowest BCUT2D eigenvalue weighted by molar-refractivity contribution is -0.137. The smallest absolute Gasteiger partial charge is 0.303 e. The number of rotatable bonds is 4. The monoisotopic (exact) mass is 326 g/mol. The summed E-state index contributed by atoms with van der Waals surface area (Å²) in [7, 11) is 0. The molecule has 1 aromatic heterocycles. The third-order valence-electron chi connectivity index (χ3n) is 5.93. The first-order chi connectivity index (χ1) is 11.5. The Hall–Kier alpha value is -2.29. The van der Waals surface area contributed by atoms with E-state index in [1.54, 1.807) is 0 Å². The first kappa shape index (κ1) is 15.3. The molecule has 0 amide bonds. The topological polar surface area (TPSA) is 80.5 Å². The van der Waals surface area contributed by atoms with E-state index in [1.165, 1.54) is 0 Å². The van der Waals surface area contributed by atoms with Crippen molar-refractivity contribution in [2.75, 3.05) is 29.4 Å². The van der Waals surface area contributed by atoms with Crippen molar-refractivity contribution >= 4 is 17.5 Å². The van der Waals surface area contributed by atoms with Crippen LogP contribution in [-0.4, -0.2) is 41.7 Å². The molecule has 3 heterocycles. The van der Waals surface area contributed by atoms with Crippen molar-refractivity contribution in [3.05, 3.63) is 17.3 Å². The highest BCUT2D eigenvalue weighted by atomic mass is 16.4. The molecule has 3 fully saturated rings. The van der Waals surface area contributed by atoms with Gasteiger partial charge in [-0.25, -0.2) is 4.98 Å². The number of pyridine rings is 1. The van der Waals surface area contributed by atoms with Crippen molar-refractivity contribution in [1.29, 1.82) is 5.26 Å². The molecule has 6 nitrogen and oxygen atoms in total. The highest BCUT2D eigenvalue weighted by molar-refractivity contribution is 5.72. The summed E-state index contributed by atoms with van der Waals surface area (Å²) in [6, 6.07) is 4.81. The highest BCUT2D eigenvalue weighted by Crippen LogP contribution is 2.54. The molecule has 4 atom stereocenters. The zero-order chi connectivity index (χ0) is 17.0. The highest BCUT2D eigenvalue weighted by Gasteiger charge is 2.56. The van der Waals surface area contributed by atoms with Gasteiger partial charge in [-0.05, 0) is 44.1 Å². The van der Waals surface area contributed by atoms with Gasteiger partial charge in [-0.15, -0.1) is 0 Å². The summed E-state index contributed by atoms with van der Waals surface area (Å²) >= 11 is 0. The molecule has 1 saturated carbocycles. The number of anilines is 2. The lowest BCUT2D eigenvalue weighted by Gasteiger charge is -2.41. The van der Waals surface area contributed by atoms with Crippen molar-refractivity contribution in [2.24, 2.45) is 17.8 Å². The van der Waals surface area contributed by atoms with Crippen LogP contribution in [0.2, 0.25) is 0 Å². The maximum atomic E-state index is 10.9. The van der Waals surface area contributed by atoms with Gasteiger partial charge in [-0.3, -0.25) is 4.79 Å². The third kappa shape index (κ3) is 2.31. The minimum Gasteiger partial charge on any atom is -0.481 e. The Morgan fingerprint density at radius 1 is 1.46 bits per heavy atom. The second kappa shape index (κ2) is 5.37. The van der Waals surface area contributed by atoms with Crippen molar-refractivity contribution in [3.8, 4) is 6.07 Å². The molecule has 2 saturated heterocycles. The maximum absolute atomic E-state index is 10.9. The average Bonchev–Trinajstić information content (AvgIpc) is 2.95. The number of nitrogens with zero attached hydrogens (tertiary/aromatic N) is 4. The van der Waals surface area contributed by atoms with E-state index in [0.717, 1.165) is 43.3 Å². The SMILES string of the molecule is Cc1cc(N2C[C@@H]3[C@@H](CC(=O)O)[C@@H]3C2)c(C#N)c(N2CC[C@@H]2C)n1. The Morgan fingerprint density at radius 2 is 2.17 bits per heavy atom. The summed E-state index contributed by atoms with van der Waals surface area (Å²) in [6.45, 7) is 6.81. The van der Waals surface area contributed by atoms with Crippen LogP contribution in [0.25, 0.3) is 0 Å². The Kier molecular flexibility index (Phi) is 3.41. The number of hydrogen-bond donors (Lipinski definition) is 1. The van der Waals surface area contributed by atoms with Gasteiger partial charge in [0.25, 0.3) is 0 Å². The van der Waals surface area contributed by atoms with E-state index in [4.69, 9.17) is 5.11 Å². The van der Waals surface area contributed by atoms with Crippen molar-refractivity contribution < 1.29 is 9.90 Å². The normalized spacial score (nSPS) is 30.5. The molecule has 2 aliphatic heterocycles. The Bertz CT molecular complexity index is 729. The molecule has 1 N–H and O–H groups in total. The van der Waals surface area contributed by atoms with Gasteiger partial charge in [-0.1, -0.05) is 0 Å². The molecule has 0 spiro atoms. The molecule has 0 unspecified atom stereocenters. The molecule has 1 aromatic rings. The molecule has 0 radical (unpaired) electrons. The van der Waals surface area contributed by atoms with Crippen LogP contribution in [-0.2, 0) is 4.79 Å². The summed E-state index contributed by atoms with van der Waals surface area (Å²) < 4.78 is 0. The number of aryl methyl sites for hydroxylation is 1. The first-order valence-corrected chi connectivity index (χ1v) is 8.64. The molecule has 24 heavy (non-hydrogen) atoms. The lowest BCUT2D eigenvalue weighted by atomic mass is 10.0. The first-order valence-electron chi connectivity index (χ1n) is 8.64. The van der Waals surface area contributed by atoms with Crippen LogP contribution >= 0.6 is 0 Å². The Morgan fingerprint density at radius 3 is 2.67 bits per heavy atom. The number of aliphatic carboxylic acids is 1. The fraction of sp³-hybridized carbons (Fsp3) is 0.611. The number of nitriles is 1. The molecule has 4 rings (SSSR count). The van der Waals surface area contributed by atoms with Crippen LogP contribution in [0.4, 0.5) is 11.5 Å². The second-order valence-corrected chi connectivity index (χ2v) is 7.42. The van der Waals surface area contributed by atoms with E-state index >= 15 is 0 Å². The summed E-state index contributed by atoms with van der Waals surface area (Å²) in [5.74, 6) is 1.36. The number of piperidine rings is 1. The second-order valence-electron chi connectivity index (χ2n) is 7.42. The molecule has 0 aromatic carbocycles. The van der Waals surface area contributed by atoms with Gasteiger partial charge in [0.1, 0.15) is 17.5 Å². The number of aromatic nitrogens is 1. The summed E-state index contributed by atoms with van der Waals surface area (Å²) in [5.41, 5.74) is 2.57. The zero-order valence-corrected chi connectivity index (χ0v) is 14.1. The standard InChI is InChI=1S/C18H22N4O2/c1-10-5-16(13(7-19)18(20-10)22-4-3-11(22)2)21-8-14-12(6-17(23)24)15(14)9-21/h5,11-12,14-15H,3-4,6,8-9H2,1-2H3,(H,23,24)/t11-,12-,14-,15+/m0/s1. The zero-order valence-electron chi connectivity index (χ0n) is 14.1. The van der Waals surface area contributed by atoms with Gasteiger partial charge >= 0.3 is 5.97 Å². The van der Waals surface area contributed by atoms with Gasteiger partial charge in [0.05, 0.1) is 5.69 Å². The Balaban J connectivity index is 1.59. The van der Waals surface area contributed by atoms with Crippen LogP contribution in [0, 0.1) is 36.0 Å². The van der Waals surface area contributed by atoms with Gasteiger partial charge in [0.2, 0.25) is 0 Å². The van der Waals surface area contributed by atoms with E-state index in [2.05, 4.69) is 27.8 Å². The van der Waals surface area contributed by atoms with Gasteiger partial charge in [0.15, 0.2) is 0 Å². The molecule has 6 heteroatoms. The summed E-state index contributed by atoms with van der Waals surface area (Å²) in [4.78, 5) is 20.0. The number of carboxylic acid groups (broad SMARTS) is 1. The maximum Gasteiger partial charge on any atom is 0.303 e. The predicted molar refractivity (Wildman–Crippen MR) is 90.0 cm³/mol. The number of fused-ring (bicyclic) bond motifs is 1. The van der Waals surface area contributed by atoms with E-state index < -0.39 is 5.97 Å². The summed E-state index contributed by atoms with van der Waals surface area (Å²) in [5, 5.41) is 18.7. The Labute approximate surface area is 141 Å². The largest absolute Gasteiger partial charge is 0.481 e. The number of carboxylic acids is 1. The van der Waals surface area contributed by atoms with Gasteiger partial charge in [-0.2, -0.15) is 5.26 Å². The molecule has 3 aliphatic rings. The molecular formula is C18H22N4O2. The quantitative estimate of drug-likeness (QED) is 0.912. The van der Waals surface area contributed by atoms with Crippen molar-refractivity contribution in [1.82, 2.24) is 4.98 Å². The van der Waals surface area contributed by atoms with Crippen LogP contribution in [0.3, 0.4) is 0 Å². The van der Waals surface area contributed by atoms with Gasteiger partial charge in [0, 0.05) is 37.8 Å². The lowest BCUT2D eigenvalue weighted by Crippen LogP contribution is -2.46. The third-order valence-corrected chi connectivity index (χ3v) is 5.93. The predicted octanol–water partition coefficient (Wildman–Crippen LogP) is 2.02. The molecule has 1 aliphatic carbocycles. The average molecular weight is 326 g/mol. The van der Waals surface area contributed by atoms with E-state index in [-0.39, 0.29) is 6.42 Å². The molecule has 126 valence electrons. The van der Waals surface area contributed by atoms with Gasteiger partial charge < -0.3 is 14.9 Å². The van der Waals surface area contributed by atoms with E-state index in [9.17, 15) is 10.1 Å². The molecule has 0 bridgehead atoms. The fourth-order valence-electron chi connectivity index (χ4n) is 4.39. The molecular weight excluding hydrogens is 304 g/mol. The minimum absolute atomic E-state index is 0.278. The summed E-state index contributed by atoms with van der Waals surface area (Å²) in [6.07, 6.45) is 1.42. The van der Waals surface area contributed by atoms with E-state index in [0.29, 0.717) is 29.4 Å². The fourth-order valence-corrected chi connectivity index (χ4v) is 4.39. The number of hydrogen-bond acceptors (Lipinski definition) is 5. The minimum atomic E-state index is -0.701.